The lowest BCUT2D eigenvalue weighted by Gasteiger charge is -2.73. The van der Waals surface area contributed by atoms with Gasteiger partial charge < -0.3 is 18.9 Å². The van der Waals surface area contributed by atoms with Gasteiger partial charge in [-0.2, -0.15) is 0 Å². The molecule has 6 heteroatoms. The number of nitrogens with zero attached hydrogens (tertiary/aromatic N) is 1. The van der Waals surface area contributed by atoms with Crippen LogP contribution in [0.5, 0.6) is 11.5 Å². The molecule has 4 saturated carbocycles. The molecule has 2 aliphatic heterocycles. The highest BCUT2D eigenvalue weighted by Crippen LogP contribution is 2.76. The number of carbonyl (C=O) groups excluding carboxylic acids is 1. The number of benzene rings is 1. The van der Waals surface area contributed by atoms with Crippen molar-refractivity contribution >= 4 is 5.97 Å². The van der Waals surface area contributed by atoms with E-state index in [9.17, 15) is 4.79 Å². The van der Waals surface area contributed by atoms with Gasteiger partial charge in [-0.3, -0.25) is 9.69 Å². The van der Waals surface area contributed by atoms with Gasteiger partial charge in [0.25, 0.3) is 0 Å². The third-order valence-corrected chi connectivity index (χ3v) is 10.4. The first-order valence-corrected chi connectivity index (χ1v) is 12.9. The molecule has 7 aliphatic rings. The molecule has 1 aromatic rings. The minimum Gasteiger partial charge on any atom is -0.493 e. The molecule has 0 N–H and O–H groups in total. The average molecular weight is 454 g/mol. The van der Waals surface area contributed by atoms with E-state index in [1.807, 2.05) is 6.92 Å². The zero-order chi connectivity index (χ0) is 22.6. The predicted octanol–water partition coefficient (Wildman–Crippen LogP) is 3.48. The molecule has 2 heterocycles. The Morgan fingerprint density at radius 3 is 2.79 bits per heavy atom. The van der Waals surface area contributed by atoms with E-state index in [0.717, 1.165) is 56.1 Å². The van der Waals surface area contributed by atoms with E-state index in [1.165, 1.54) is 30.5 Å². The molecule has 0 aromatic heterocycles. The summed E-state index contributed by atoms with van der Waals surface area (Å²) in [6.07, 6.45) is 7.41. The molecular weight excluding hydrogens is 418 g/mol. The molecule has 5 aliphatic carbocycles. The maximum atomic E-state index is 13.4. The number of hydrogen-bond donors (Lipinski definition) is 0. The summed E-state index contributed by atoms with van der Waals surface area (Å²) < 4.78 is 24.8. The quantitative estimate of drug-likeness (QED) is 0.615. The molecule has 1 saturated heterocycles. The number of likely N-dealkylation sites (tertiary alicyclic amines) is 1. The second-order valence-corrected chi connectivity index (χ2v) is 11.3. The Morgan fingerprint density at radius 1 is 1.21 bits per heavy atom. The zero-order valence-corrected chi connectivity index (χ0v) is 20.0. The van der Waals surface area contributed by atoms with Crippen molar-refractivity contribution in [2.24, 2.45) is 17.3 Å². The summed E-state index contributed by atoms with van der Waals surface area (Å²) in [6, 6.07) is 4.79. The lowest BCUT2D eigenvalue weighted by Crippen LogP contribution is -2.81. The molecular formula is C27H35NO5. The molecule has 0 radical (unpaired) electrons. The van der Waals surface area contributed by atoms with Crippen molar-refractivity contribution in [1.82, 2.24) is 4.90 Å². The van der Waals surface area contributed by atoms with Crippen LogP contribution in [0.1, 0.15) is 56.6 Å². The van der Waals surface area contributed by atoms with Crippen LogP contribution in [0.2, 0.25) is 0 Å². The molecule has 6 nitrogen and oxygen atoms in total. The number of hydrogen-bond acceptors (Lipinski definition) is 6. The van der Waals surface area contributed by atoms with E-state index in [0.29, 0.717) is 12.6 Å². The standard InChI is InChI=1S/C27H35NO5/c1-4-32-23(29)18-14-25-9-10-27(18,31-3)24-26(25)11-12-28(15-16-5-6-16)20(25)13-17-7-8-19(30-2)22(33-24)21(17)26/h7-8,16,18,20,24H,4-6,9-15H2,1-3H3/t18-,20?,24?,25?,26?,27?/m1/s1. The van der Waals surface area contributed by atoms with Gasteiger partial charge in [-0.25, -0.2) is 0 Å². The van der Waals surface area contributed by atoms with E-state index in [2.05, 4.69) is 17.0 Å². The lowest BCUT2D eigenvalue weighted by atomic mass is 9.35. The van der Waals surface area contributed by atoms with Gasteiger partial charge in [0, 0.05) is 36.1 Å². The second-order valence-electron chi connectivity index (χ2n) is 11.3. The van der Waals surface area contributed by atoms with Crippen LogP contribution in [0.15, 0.2) is 12.1 Å². The van der Waals surface area contributed by atoms with E-state index in [1.54, 1.807) is 14.2 Å². The Morgan fingerprint density at radius 2 is 2.06 bits per heavy atom. The predicted molar refractivity (Wildman–Crippen MR) is 122 cm³/mol. The van der Waals surface area contributed by atoms with E-state index in [-0.39, 0.29) is 28.8 Å². The largest absolute Gasteiger partial charge is 0.493 e. The first-order chi connectivity index (χ1) is 16.0. The number of fused-ring (bicyclic) bond motifs is 2. The smallest absolute Gasteiger partial charge is 0.312 e. The monoisotopic (exact) mass is 453 g/mol. The van der Waals surface area contributed by atoms with E-state index < -0.39 is 5.60 Å². The first-order valence-electron chi connectivity index (χ1n) is 12.9. The summed E-state index contributed by atoms with van der Waals surface area (Å²) in [5.41, 5.74) is 2.02. The van der Waals surface area contributed by atoms with Crippen molar-refractivity contribution in [2.75, 3.05) is 33.9 Å². The van der Waals surface area contributed by atoms with Crippen molar-refractivity contribution in [2.45, 2.75) is 75.0 Å². The molecule has 6 atom stereocenters. The topological polar surface area (TPSA) is 57.2 Å². The fourth-order valence-electron chi connectivity index (χ4n) is 9.06. The van der Waals surface area contributed by atoms with Crippen molar-refractivity contribution in [1.29, 1.82) is 0 Å². The van der Waals surface area contributed by atoms with Gasteiger partial charge in [0.05, 0.1) is 19.6 Å². The molecule has 4 bridgehead atoms. The second kappa shape index (κ2) is 6.66. The van der Waals surface area contributed by atoms with E-state index >= 15 is 0 Å². The highest BCUT2D eigenvalue weighted by Gasteiger charge is 2.81. The van der Waals surface area contributed by atoms with Gasteiger partial charge in [-0.05, 0) is 76.0 Å². The van der Waals surface area contributed by atoms with Crippen molar-refractivity contribution in [3.05, 3.63) is 23.3 Å². The van der Waals surface area contributed by atoms with Crippen molar-refractivity contribution in [3.8, 4) is 11.5 Å². The van der Waals surface area contributed by atoms with Crippen LogP contribution in [-0.2, 0) is 26.1 Å². The normalized spacial score (nSPS) is 42.0. The van der Waals surface area contributed by atoms with Crippen LogP contribution < -0.4 is 9.47 Å². The average Bonchev–Trinajstić information content (AvgIpc) is 3.57. The maximum absolute atomic E-state index is 13.4. The van der Waals surface area contributed by atoms with Crippen molar-refractivity contribution in [3.63, 3.8) is 0 Å². The molecule has 1 aromatic carbocycles. The summed E-state index contributed by atoms with van der Waals surface area (Å²) in [5, 5.41) is 0. The summed E-state index contributed by atoms with van der Waals surface area (Å²) in [6.45, 7) is 4.59. The maximum Gasteiger partial charge on any atom is 0.312 e. The SMILES string of the molecule is CCOC(=O)[C@H]1CC23CCC1(OC)C1Oc4c(OC)ccc5c4C12CCN(CC1CC1)C3C5. The zero-order valence-electron chi connectivity index (χ0n) is 20.0. The Bertz CT molecular complexity index is 1020. The van der Waals surface area contributed by atoms with Crippen molar-refractivity contribution < 1.29 is 23.7 Å². The Hall–Kier alpha value is -1.79. The van der Waals surface area contributed by atoms with Crippen LogP contribution in [0.25, 0.3) is 0 Å². The highest BCUT2D eigenvalue weighted by molar-refractivity contribution is 5.76. The number of methoxy groups -OCH3 is 2. The number of esters is 1. The van der Waals surface area contributed by atoms with Crippen LogP contribution in [0.4, 0.5) is 0 Å². The first kappa shape index (κ1) is 20.6. The molecule has 178 valence electrons. The summed E-state index contributed by atoms with van der Waals surface area (Å²) in [4.78, 5) is 16.2. The van der Waals surface area contributed by atoms with Gasteiger partial charge in [-0.1, -0.05) is 6.07 Å². The van der Waals surface area contributed by atoms with Gasteiger partial charge >= 0.3 is 5.97 Å². The van der Waals surface area contributed by atoms with Gasteiger partial charge in [0.15, 0.2) is 11.5 Å². The number of ether oxygens (including phenoxy) is 4. The van der Waals surface area contributed by atoms with Gasteiger partial charge in [-0.15, -0.1) is 0 Å². The lowest BCUT2D eigenvalue weighted by molar-refractivity contribution is -0.276. The number of piperidine rings is 1. The molecule has 33 heavy (non-hydrogen) atoms. The molecule has 5 unspecified atom stereocenters. The Labute approximate surface area is 195 Å². The highest BCUT2D eigenvalue weighted by atomic mass is 16.6. The Balaban J connectivity index is 1.46. The van der Waals surface area contributed by atoms with Crippen LogP contribution in [0.3, 0.4) is 0 Å². The molecule has 2 spiro atoms. The van der Waals surface area contributed by atoms with Gasteiger partial charge in [0.1, 0.15) is 11.7 Å². The fourth-order valence-corrected chi connectivity index (χ4v) is 9.06. The van der Waals surface area contributed by atoms with Gasteiger partial charge in [0.2, 0.25) is 0 Å². The minimum atomic E-state index is -0.657. The molecule has 5 fully saturated rings. The third-order valence-electron chi connectivity index (χ3n) is 10.4. The summed E-state index contributed by atoms with van der Waals surface area (Å²) in [5.74, 6) is 2.16. The van der Waals surface area contributed by atoms with E-state index in [4.69, 9.17) is 18.9 Å². The van der Waals surface area contributed by atoms with Crippen LogP contribution in [0, 0.1) is 17.3 Å². The Kier molecular flexibility index (Phi) is 4.15. The summed E-state index contributed by atoms with van der Waals surface area (Å²) >= 11 is 0. The third kappa shape index (κ3) is 2.26. The summed E-state index contributed by atoms with van der Waals surface area (Å²) in [7, 11) is 3.50. The van der Waals surface area contributed by atoms with Crippen LogP contribution >= 0.6 is 0 Å². The minimum absolute atomic E-state index is 0.00707. The van der Waals surface area contributed by atoms with Crippen LogP contribution in [-0.4, -0.2) is 62.5 Å². The number of carbonyl (C=O) groups is 1. The molecule has 0 amide bonds. The fraction of sp³-hybridized carbons (Fsp3) is 0.741. The molecule has 8 rings (SSSR count). The number of rotatable bonds is 6.